The summed E-state index contributed by atoms with van der Waals surface area (Å²) in [6.45, 7) is 1.22. The molecule has 1 aliphatic heterocycles. The van der Waals surface area contributed by atoms with E-state index in [2.05, 4.69) is 15.3 Å². The van der Waals surface area contributed by atoms with E-state index in [4.69, 9.17) is 9.47 Å². The summed E-state index contributed by atoms with van der Waals surface area (Å²) in [5.74, 6) is 0.260. The van der Waals surface area contributed by atoms with Crippen molar-refractivity contribution in [3.63, 3.8) is 0 Å². The Morgan fingerprint density at radius 2 is 1.95 bits per heavy atom. The minimum Gasteiger partial charge on any atom is -0.481 e. The fraction of sp³-hybridized carbons (Fsp3) is 0.520. The first kappa shape index (κ1) is 25.8. The van der Waals surface area contributed by atoms with Gasteiger partial charge in [0.2, 0.25) is 11.8 Å². The number of carbonyl (C=O) groups excluding carboxylic acids is 1. The molecule has 0 bridgehead atoms. The molecule has 3 aromatic heterocycles. The number of methoxy groups -OCH3 is 1. The van der Waals surface area contributed by atoms with Crippen LogP contribution >= 0.6 is 11.3 Å². The van der Waals surface area contributed by atoms with Gasteiger partial charge >= 0.3 is 0 Å². The summed E-state index contributed by atoms with van der Waals surface area (Å²) in [5.41, 5.74) is 0.114. The number of sulfone groups is 1. The Kier molecular flexibility index (Phi) is 7.59. The highest BCUT2D eigenvalue weighted by molar-refractivity contribution is 7.92. The Balaban J connectivity index is 1.43. The van der Waals surface area contributed by atoms with E-state index in [0.29, 0.717) is 53.8 Å². The van der Waals surface area contributed by atoms with E-state index in [-0.39, 0.29) is 16.7 Å². The molecule has 0 spiro atoms. The van der Waals surface area contributed by atoms with Gasteiger partial charge in [0.15, 0.2) is 15.0 Å². The second-order valence-corrected chi connectivity index (χ2v) is 12.8. The molecule has 1 atom stereocenters. The summed E-state index contributed by atoms with van der Waals surface area (Å²) >= 11 is 1.22. The molecule has 10 nitrogen and oxygen atoms in total. The van der Waals surface area contributed by atoms with Gasteiger partial charge in [-0.3, -0.25) is 9.59 Å². The number of rotatable bonds is 8. The molecule has 3 aromatic rings. The van der Waals surface area contributed by atoms with Crippen LogP contribution in [0.3, 0.4) is 0 Å². The third kappa shape index (κ3) is 5.55. The van der Waals surface area contributed by atoms with Gasteiger partial charge in [-0.25, -0.2) is 18.4 Å². The summed E-state index contributed by atoms with van der Waals surface area (Å²) in [6.07, 6.45) is 6.44. The molecular formula is C25H30N4O6S2. The lowest BCUT2D eigenvalue weighted by molar-refractivity contribution is -0.120. The van der Waals surface area contributed by atoms with Crippen LogP contribution in [0.25, 0.3) is 10.3 Å². The smallest absolute Gasteiger partial charge is 0.252 e. The van der Waals surface area contributed by atoms with Gasteiger partial charge in [0.1, 0.15) is 16.4 Å². The average Bonchev–Trinajstić information content (AvgIpc) is 3.58. The third-order valence-electron chi connectivity index (χ3n) is 7.19. The number of aromatic nitrogens is 3. The van der Waals surface area contributed by atoms with E-state index in [1.165, 1.54) is 35.3 Å². The maximum absolute atomic E-state index is 13.5. The molecule has 12 heteroatoms. The second kappa shape index (κ2) is 10.9. The lowest BCUT2D eigenvalue weighted by atomic mass is 9.92. The van der Waals surface area contributed by atoms with E-state index in [1.807, 2.05) is 0 Å². The molecule has 1 N–H and O–H groups in total. The molecule has 0 radical (unpaired) electrons. The van der Waals surface area contributed by atoms with E-state index in [0.717, 1.165) is 31.7 Å². The van der Waals surface area contributed by atoms with Crippen molar-refractivity contribution < 1.29 is 22.7 Å². The fourth-order valence-electron chi connectivity index (χ4n) is 5.10. The largest absolute Gasteiger partial charge is 0.481 e. The quantitative estimate of drug-likeness (QED) is 0.454. The third-order valence-corrected chi connectivity index (χ3v) is 10.3. The van der Waals surface area contributed by atoms with Gasteiger partial charge in [0.05, 0.1) is 17.3 Å². The number of thiazole rings is 1. The highest BCUT2D eigenvalue weighted by atomic mass is 32.2. The number of amides is 1. The van der Waals surface area contributed by atoms with Crippen molar-refractivity contribution in [2.45, 2.75) is 61.1 Å². The van der Waals surface area contributed by atoms with E-state index < -0.39 is 26.7 Å². The van der Waals surface area contributed by atoms with Crippen LogP contribution in [0.2, 0.25) is 0 Å². The van der Waals surface area contributed by atoms with Crippen molar-refractivity contribution >= 4 is 42.6 Å². The standard InChI is InChI=1S/C25H30N4O6S2/c1-34-21-7-6-19-24(27-21)36-25(26-19)28-23(31)20(14-16-9-12-35-13-10-16)29-11-8-18(15-22(29)30)37(32,33)17-4-2-3-5-17/h6-8,11,15-17,20H,2-5,9-10,12-14H2,1H3,(H,26,28,31). The molecule has 1 unspecified atom stereocenters. The van der Waals surface area contributed by atoms with Crippen molar-refractivity contribution in [3.8, 4) is 5.88 Å². The van der Waals surface area contributed by atoms with Gasteiger partial charge in [0, 0.05) is 31.5 Å². The fourth-order valence-corrected chi connectivity index (χ4v) is 7.78. The highest BCUT2D eigenvalue weighted by Gasteiger charge is 2.32. The molecule has 4 heterocycles. The number of hydrogen-bond donors (Lipinski definition) is 1. The lowest BCUT2D eigenvalue weighted by Gasteiger charge is -2.27. The number of anilines is 1. The maximum Gasteiger partial charge on any atom is 0.252 e. The molecule has 1 saturated carbocycles. The van der Waals surface area contributed by atoms with E-state index >= 15 is 0 Å². The predicted molar refractivity (Wildman–Crippen MR) is 140 cm³/mol. The van der Waals surface area contributed by atoms with E-state index in [1.54, 1.807) is 12.1 Å². The zero-order valence-corrected chi connectivity index (χ0v) is 22.2. The number of ether oxygens (including phenoxy) is 2. The number of pyridine rings is 2. The maximum atomic E-state index is 13.5. The first-order chi connectivity index (χ1) is 17.8. The van der Waals surface area contributed by atoms with Crippen LogP contribution in [-0.2, 0) is 19.4 Å². The summed E-state index contributed by atoms with van der Waals surface area (Å²) in [7, 11) is -2.05. The van der Waals surface area contributed by atoms with Gasteiger partial charge in [-0.15, -0.1) is 0 Å². The molecule has 37 heavy (non-hydrogen) atoms. The summed E-state index contributed by atoms with van der Waals surface area (Å²) in [5, 5.41) is 2.77. The van der Waals surface area contributed by atoms with E-state index in [9.17, 15) is 18.0 Å². The van der Waals surface area contributed by atoms with Crippen LogP contribution in [-0.4, -0.2) is 54.4 Å². The Bertz CT molecular complexity index is 1440. The number of hydrogen-bond acceptors (Lipinski definition) is 9. The molecule has 1 saturated heterocycles. The summed E-state index contributed by atoms with van der Waals surface area (Å²) < 4.78 is 38.0. The van der Waals surface area contributed by atoms with Crippen LogP contribution in [0.4, 0.5) is 5.13 Å². The molecule has 0 aromatic carbocycles. The van der Waals surface area contributed by atoms with Crippen LogP contribution in [0.1, 0.15) is 51.0 Å². The Hall–Kier alpha value is -2.83. The zero-order valence-electron chi connectivity index (χ0n) is 20.6. The molecule has 2 fully saturated rings. The second-order valence-electron chi connectivity index (χ2n) is 9.55. The first-order valence-electron chi connectivity index (χ1n) is 12.5. The molecule has 5 rings (SSSR count). The Morgan fingerprint density at radius 1 is 1.19 bits per heavy atom. The molecule has 2 aliphatic rings. The van der Waals surface area contributed by atoms with Crippen LogP contribution in [0, 0.1) is 5.92 Å². The topological polar surface area (TPSA) is 129 Å². The molecule has 198 valence electrons. The van der Waals surface area contributed by atoms with Crippen molar-refractivity contribution in [1.82, 2.24) is 14.5 Å². The van der Waals surface area contributed by atoms with Gasteiger partial charge < -0.3 is 19.4 Å². The van der Waals surface area contributed by atoms with Crippen molar-refractivity contribution in [1.29, 1.82) is 0 Å². The number of nitrogens with zero attached hydrogens (tertiary/aromatic N) is 3. The number of fused-ring (bicyclic) bond motifs is 1. The van der Waals surface area contributed by atoms with Crippen molar-refractivity contribution in [3.05, 3.63) is 40.8 Å². The zero-order chi connectivity index (χ0) is 26.0. The lowest BCUT2D eigenvalue weighted by Crippen LogP contribution is -2.35. The normalized spacial score (nSPS) is 18.2. The van der Waals surface area contributed by atoms with Gasteiger partial charge in [-0.1, -0.05) is 24.2 Å². The summed E-state index contributed by atoms with van der Waals surface area (Å²) in [6, 6.07) is 5.25. The van der Waals surface area contributed by atoms with Gasteiger partial charge in [0.25, 0.3) is 5.56 Å². The predicted octanol–water partition coefficient (Wildman–Crippen LogP) is 3.57. The van der Waals surface area contributed by atoms with Crippen LogP contribution < -0.4 is 15.6 Å². The highest BCUT2D eigenvalue weighted by Crippen LogP contribution is 2.31. The van der Waals surface area contributed by atoms with Crippen molar-refractivity contribution in [2.24, 2.45) is 5.92 Å². The first-order valence-corrected chi connectivity index (χ1v) is 14.9. The average molecular weight is 547 g/mol. The SMILES string of the molecule is COc1ccc2nc(NC(=O)C(CC3CCOCC3)n3ccc(S(=O)(=O)C4CCCC4)cc3=O)sc2n1. The molecular weight excluding hydrogens is 516 g/mol. The van der Waals surface area contributed by atoms with Crippen LogP contribution in [0.5, 0.6) is 5.88 Å². The van der Waals surface area contributed by atoms with Crippen molar-refractivity contribution in [2.75, 3.05) is 25.6 Å². The van der Waals surface area contributed by atoms with Crippen LogP contribution in [0.15, 0.2) is 40.2 Å². The Labute approximate surface area is 219 Å². The van der Waals surface area contributed by atoms with Gasteiger partial charge in [-0.2, -0.15) is 0 Å². The summed E-state index contributed by atoms with van der Waals surface area (Å²) in [4.78, 5) is 36.2. The number of nitrogens with one attached hydrogen (secondary N) is 1. The molecule has 1 amide bonds. The van der Waals surface area contributed by atoms with Gasteiger partial charge in [-0.05, 0) is 50.2 Å². The number of carbonyl (C=O) groups is 1. The monoisotopic (exact) mass is 546 g/mol. The molecule has 1 aliphatic carbocycles. The minimum atomic E-state index is -3.58. The minimum absolute atomic E-state index is 0.0251. The Morgan fingerprint density at radius 3 is 2.65 bits per heavy atom.